The predicted octanol–water partition coefficient (Wildman–Crippen LogP) is 4.16. The lowest BCUT2D eigenvalue weighted by atomic mass is 10.1. The summed E-state index contributed by atoms with van der Waals surface area (Å²) in [6.45, 7) is 5.40. The van der Waals surface area contributed by atoms with E-state index in [2.05, 4.69) is 31.9 Å². The van der Waals surface area contributed by atoms with Crippen molar-refractivity contribution in [2.24, 2.45) is 0 Å². The van der Waals surface area contributed by atoms with Crippen LogP contribution in [0.15, 0.2) is 53.0 Å². The van der Waals surface area contributed by atoms with Gasteiger partial charge in [-0.05, 0) is 62.6 Å². The van der Waals surface area contributed by atoms with Gasteiger partial charge in [0, 0.05) is 23.1 Å². The molecule has 0 aliphatic carbocycles. The summed E-state index contributed by atoms with van der Waals surface area (Å²) in [5, 5.41) is 8.01. The average Bonchev–Trinajstić information content (AvgIpc) is 2.69. The van der Waals surface area contributed by atoms with Crippen molar-refractivity contribution in [3.63, 3.8) is 0 Å². The molecule has 2 rings (SSSR count). The largest absolute Gasteiger partial charge is 0.444 e. The van der Waals surface area contributed by atoms with Crippen LogP contribution in [0.3, 0.4) is 0 Å². The van der Waals surface area contributed by atoms with Gasteiger partial charge >= 0.3 is 6.09 Å². The molecule has 0 spiro atoms. The van der Waals surface area contributed by atoms with E-state index in [-0.39, 0.29) is 18.4 Å². The molecule has 0 saturated carbocycles. The van der Waals surface area contributed by atoms with Crippen molar-refractivity contribution in [3.05, 3.63) is 64.1 Å². The van der Waals surface area contributed by atoms with Gasteiger partial charge in [-0.2, -0.15) is 0 Å². The molecule has 8 heteroatoms. The van der Waals surface area contributed by atoms with E-state index in [4.69, 9.17) is 4.74 Å². The zero-order valence-corrected chi connectivity index (χ0v) is 19.5. The Morgan fingerprint density at radius 2 is 1.65 bits per heavy atom. The van der Waals surface area contributed by atoms with Gasteiger partial charge in [0.1, 0.15) is 12.1 Å². The molecular weight excluding hydrogens is 462 g/mol. The van der Waals surface area contributed by atoms with E-state index >= 15 is 0 Å². The highest BCUT2D eigenvalue weighted by Gasteiger charge is 2.16. The topological polar surface area (TPSA) is 96.5 Å². The van der Waals surface area contributed by atoms with Crippen molar-refractivity contribution in [1.29, 1.82) is 0 Å². The first-order chi connectivity index (χ1) is 14.6. The lowest BCUT2D eigenvalue weighted by Gasteiger charge is -2.19. The van der Waals surface area contributed by atoms with Crippen LogP contribution in [0.25, 0.3) is 0 Å². The number of alkyl carbamates (subject to hydrolysis) is 1. The van der Waals surface area contributed by atoms with Gasteiger partial charge in [-0.25, -0.2) is 4.79 Å². The molecule has 3 N–H and O–H groups in total. The van der Waals surface area contributed by atoms with Crippen LogP contribution in [0.4, 0.5) is 10.5 Å². The minimum absolute atomic E-state index is 0.0427. The first-order valence-electron chi connectivity index (χ1n) is 9.97. The minimum atomic E-state index is -0.651. The van der Waals surface area contributed by atoms with Crippen molar-refractivity contribution in [1.82, 2.24) is 10.6 Å². The molecule has 0 aliphatic heterocycles. The fourth-order valence-corrected chi connectivity index (χ4v) is 2.89. The van der Waals surface area contributed by atoms with Gasteiger partial charge in [-0.1, -0.05) is 40.2 Å². The number of carbonyl (C=O) groups excluding carboxylic acids is 3. The molecule has 0 unspecified atom stereocenters. The number of amides is 3. The van der Waals surface area contributed by atoms with Gasteiger partial charge in [0.2, 0.25) is 11.8 Å². The fraction of sp³-hybridized carbons (Fsp3) is 0.348. The van der Waals surface area contributed by atoms with Crippen molar-refractivity contribution >= 4 is 39.5 Å². The van der Waals surface area contributed by atoms with Gasteiger partial charge in [0.15, 0.2) is 0 Å². The van der Waals surface area contributed by atoms with E-state index in [0.29, 0.717) is 25.1 Å². The van der Waals surface area contributed by atoms with E-state index in [0.717, 1.165) is 15.6 Å². The Bertz CT molecular complexity index is 908. The number of carbonyl (C=O) groups is 3. The van der Waals surface area contributed by atoms with Gasteiger partial charge in [0.25, 0.3) is 0 Å². The number of hydrogen-bond donors (Lipinski definition) is 3. The molecule has 0 fully saturated rings. The van der Waals surface area contributed by atoms with Crippen LogP contribution >= 0.6 is 15.9 Å². The Balaban J connectivity index is 1.75. The molecule has 0 radical (unpaired) electrons. The smallest absolute Gasteiger partial charge is 0.408 e. The number of anilines is 1. The molecule has 0 aromatic heterocycles. The standard InChI is InChI=1S/C23H28BrN3O4/c1-23(2,3)31-22(30)26-15-21(29)27-19-6-4-5-17(13-19)14-25-20(28)12-9-16-7-10-18(24)11-8-16/h4-8,10-11,13H,9,12,14-15H2,1-3H3,(H,25,28)(H,26,30)(H,27,29). The maximum absolute atomic E-state index is 12.1. The Hall–Kier alpha value is -2.87. The first-order valence-corrected chi connectivity index (χ1v) is 10.8. The van der Waals surface area contributed by atoms with Gasteiger partial charge in [0.05, 0.1) is 0 Å². The summed E-state index contributed by atoms with van der Waals surface area (Å²) < 4.78 is 6.10. The van der Waals surface area contributed by atoms with Crippen molar-refractivity contribution in [2.45, 2.75) is 45.8 Å². The number of ether oxygens (including phenoxy) is 1. The Labute approximate surface area is 191 Å². The molecule has 0 saturated heterocycles. The van der Waals surface area contributed by atoms with E-state index in [1.807, 2.05) is 30.3 Å². The summed E-state index contributed by atoms with van der Waals surface area (Å²) in [6.07, 6.45) is 0.413. The maximum Gasteiger partial charge on any atom is 0.408 e. The fourth-order valence-electron chi connectivity index (χ4n) is 2.63. The third kappa shape index (κ3) is 10.1. The van der Waals surface area contributed by atoms with E-state index < -0.39 is 11.7 Å². The van der Waals surface area contributed by atoms with Crippen LogP contribution in [0.5, 0.6) is 0 Å². The highest BCUT2D eigenvalue weighted by atomic mass is 79.9. The molecule has 0 aliphatic rings. The van der Waals surface area contributed by atoms with E-state index in [9.17, 15) is 14.4 Å². The second-order valence-corrected chi connectivity index (χ2v) is 8.92. The van der Waals surface area contributed by atoms with Crippen LogP contribution in [-0.2, 0) is 27.3 Å². The minimum Gasteiger partial charge on any atom is -0.444 e. The molecule has 7 nitrogen and oxygen atoms in total. The zero-order valence-electron chi connectivity index (χ0n) is 18.0. The number of hydrogen-bond acceptors (Lipinski definition) is 4. The molecule has 0 heterocycles. The SMILES string of the molecule is CC(C)(C)OC(=O)NCC(=O)Nc1cccc(CNC(=O)CCc2ccc(Br)cc2)c1. The van der Waals surface area contributed by atoms with Crippen molar-refractivity contribution < 1.29 is 19.1 Å². The molecule has 166 valence electrons. The van der Waals surface area contributed by atoms with Crippen LogP contribution in [0.2, 0.25) is 0 Å². The quantitative estimate of drug-likeness (QED) is 0.518. The third-order valence-corrected chi connectivity index (χ3v) is 4.58. The van der Waals surface area contributed by atoms with Gasteiger partial charge in [-0.3, -0.25) is 9.59 Å². The maximum atomic E-state index is 12.1. The summed E-state index contributed by atoms with van der Waals surface area (Å²) >= 11 is 3.39. The lowest BCUT2D eigenvalue weighted by Crippen LogP contribution is -2.37. The van der Waals surface area contributed by atoms with E-state index in [1.54, 1.807) is 39.0 Å². The first kappa shape index (κ1) is 24.4. The highest BCUT2D eigenvalue weighted by molar-refractivity contribution is 9.10. The highest BCUT2D eigenvalue weighted by Crippen LogP contribution is 2.13. The average molecular weight is 490 g/mol. The van der Waals surface area contributed by atoms with E-state index in [1.165, 1.54) is 0 Å². The summed E-state index contributed by atoms with van der Waals surface area (Å²) in [6, 6.07) is 15.1. The number of halogens is 1. The van der Waals surface area contributed by atoms with Gasteiger partial charge in [-0.15, -0.1) is 0 Å². The predicted molar refractivity (Wildman–Crippen MR) is 124 cm³/mol. The monoisotopic (exact) mass is 489 g/mol. The molecule has 2 aromatic carbocycles. The number of nitrogens with one attached hydrogen (secondary N) is 3. The number of rotatable bonds is 8. The molecular formula is C23H28BrN3O4. The Morgan fingerprint density at radius 3 is 2.32 bits per heavy atom. The molecule has 3 amide bonds. The second kappa shape index (κ2) is 11.5. The van der Waals surface area contributed by atoms with Crippen LogP contribution in [0, 0.1) is 0 Å². The summed E-state index contributed by atoms with van der Waals surface area (Å²) in [7, 11) is 0. The van der Waals surface area contributed by atoms with Crippen LogP contribution in [0.1, 0.15) is 38.3 Å². The van der Waals surface area contributed by atoms with Crippen molar-refractivity contribution in [2.75, 3.05) is 11.9 Å². The number of benzene rings is 2. The summed E-state index contributed by atoms with van der Waals surface area (Å²) in [4.78, 5) is 35.8. The lowest BCUT2D eigenvalue weighted by molar-refractivity contribution is -0.121. The Kier molecular flexibility index (Phi) is 9.05. The molecule has 2 aromatic rings. The summed E-state index contributed by atoms with van der Waals surface area (Å²) in [5.74, 6) is -0.416. The van der Waals surface area contributed by atoms with Crippen molar-refractivity contribution in [3.8, 4) is 0 Å². The second-order valence-electron chi connectivity index (χ2n) is 8.01. The van der Waals surface area contributed by atoms with Crippen LogP contribution < -0.4 is 16.0 Å². The molecule has 31 heavy (non-hydrogen) atoms. The normalized spacial score (nSPS) is 10.8. The zero-order chi connectivity index (χ0) is 22.9. The molecule has 0 bridgehead atoms. The van der Waals surface area contributed by atoms with Gasteiger partial charge < -0.3 is 20.7 Å². The number of aryl methyl sites for hydroxylation is 1. The Morgan fingerprint density at radius 1 is 0.935 bits per heavy atom. The molecule has 0 atom stereocenters. The summed E-state index contributed by atoms with van der Waals surface area (Å²) in [5.41, 5.74) is 1.91. The van der Waals surface area contributed by atoms with Crippen LogP contribution in [-0.4, -0.2) is 30.1 Å². The third-order valence-electron chi connectivity index (χ3n) is 4.05.